The average molecular weight is 385 g/mol. The van der Waals surface area contributed by atoms with Gasteiger partial charge in [0.15, 0.2) is 22.9 Å². The number of amides is 1. The maximum absolute atomic E-state index is 12.4. The number of nitrogens with zero attached hydrogens (tertiary/aromatic N) is 4. The number of nitrogens with one attached hydrogen (secondary N) is 1. The lowest BCUT2D eigenvalue weighted by Crippen LogP contribution is -2.16. The van der Waals surface area contributed by atoms with Gasteiger partial charge >= 0.3 is 0 Å². The second-order valence-electron chi connectivity index (χ2n) is 5.83. The fourth-order valence-corrected chi connectivity index (χ4v) is 3.47. The Morgan fingerprint density at radius 2 is 2.04 bits per heavy atom. The summed E-state index contributed by atoms with van der Waals surface area (Å²) in [5, 5.41) is 8.37. The quantitative estimate of drug-likeness (QED) is 0.404. The molecule has 0 aliphatic carbocycles. The lowest BCUT2D eigenvalue weighted by molar-refractivity contribution is -0.113. The van der Waals surface area contributed by atoms with Gasteiger partial charge in [0.25, 0.3) is 0 Å². The second-order valence-corrected chi connectivity index (χ2v) is 6.79. The Balaban J connectivity index is 1.50. The predicted octanol–water partition coefficient (Wildman–Crippen LogP) is 2.03. The van der Waals surface area contributed by atoms with Crippen molar-refractivity contribution in [3.63, 3.8) is 0 Å². The number of carbonyl (C=O) groups is 2. The zero-order valence-corrected chi connectivity index (χ0v) is 15.4. The molecule has 1 aliphatic heterocycles. The van der Waals surface area contributed by atoms with Crippen LogP contribution >= 0.6 is 11.8 Å². The number of fused-ring (bicyclic) bond motifs is 2. The number of carbonyl (C=O) groups excluding carboxylic acids is 2. The topological polar surface area (TPSA) is 108 Å². The van der Waals surface area contributed by atoms with Gasteiger partial charge in [0.2, 0.25) is 12.7 Å². The number of ether oxygens (including phenoxy) is 2. The molecule has 1 N–H and O–H groups in total. The molecule has 3 heterocycles. The van der Waals surface area contributed by atoms with E-state index in [4.69, 9.17) is 9.47 Å². The molecule has 3 aromatic rings. The number of ketones is 1. The lowest BCUT2D eigenvalue weighted by Gasteiger charge is -2.10. The Morgan fingerprint density at radius 1 is 1.26 bits per heavy atom. The van der Waals surface area contributed by atoms with Crippen molar-refractivity contribution in [2.24, 2.45) is 7.05 Å². The summed E-state index contributed by atoms with van der Waals surface area (Å²) in [7, 11) is 1.79. The molecule has 0 bridgehead atoms. The molecule has 0 fully saturated rings. The van der Waals surface area contributed by atoms with Crippen LogP contribution in [0, 0.1) is 0 Å². The van der Waals surface area contributed by atoms with Crippen molar-refractivity contribution in [1.29, 1.82) is 0 Å². The zero-order valence-electron chi connectivity index (χ0n) is 14.6. The molecule has 0 radical (unpaired) electrons. The summed E-state index contributed by atoms with van der Waals surface area (Å²) >= 11 is 1.27. The fraction of sp³-hybridized carbons (Fsp3) is 0.235. The number of benzene rings is 1. The van der Waals surface area contributed by atoms with Crippen LogP contribution in [0.2, 0.25) is 0 Å². The van der Waals surface area contributed by atoms with Crippen LogP contribution in [-0.2, 0) is 11.8 Å². The van der Waals surface area contributed by atoms with Crippen LogP contribution < -0.4 is 14.8 Å². The maximum atomic E-state index is 12.4. The van der Waals surface area contributed by atoms with Gasteiger partial charge in [-0.15, -0.1) is 0 Å². The van der Waals surface area contributed by atoms with Crippen LogP contribution in [0.5, 0.6) is 11.5 Å². The largest absolute Gasteiger partial charge is 0.454 e. The van der Waals surface area contributed by atoms with Crippen LogP contribution in [0.4, 0.5) is 5.69 Å². The standard InChI is InChI=1S/C17H15N5O4S/c1-9(23)10-3-13-14(26-8-25-13)4-12(10)21-15(24)6-27-17-11-5-20-22(2)16(11)18-7-19-17/h3-5,7H,6,8H2,1-2H3,(H,21,24). The molecule has 27 heavy (non-hydrogen) atoms. The fourth-order valence-electron chi connectivity index (χ4n) is 2.71. The van der Waals surface area contributed by atoms with Gasteiger partial charge in [-0.25, -0.2) is 9.97 Å². The van der Waals surface area contributed by atoms with Gasteiger partial charge in [-0.05, 0) is 13.0 Å². The van der Waals surface area contributed by atoms with Gasteiger partial charge in [0.1, 0.15) is 11.4 Å². The van der Waals surface area contributed by atoms with Gasteiger partial charge in [-0.1, -0.05) is 11.8 Å². The molecule has 0 spiro atoms. The molecule has 0 unspecified atom stereocenters. The summed E-state index contributed by atoms with van der Waals surface area (Å²) in [6.07, 6.45) is 3.11. The van der Waals surface area contributed by atoms with Crippen LogP contribution in [0.3, 0.4) is 0 Å². The van der Waals surface area contributed by atoms with Gasteiger partial charge in [-0.3, -0.25) is 14.3 Å². The summed E-state index contributed by atoms with van der Waals surface area (Å²) in [6.45, 7) is 1.52. The Bertz CT molecular complexity index is 1060. The van der Waals surface area contributed by atoms with E-state index in [-0.39, 0.29) is 24.2 Å². The summed E-state index contributed by atoms with van der Waals surface area (Å²) < 4.78 is 12.2. The van der Waals surface area contributed by atoms with Gasteiger partial charge in [-0.2, -0.15) is 5.10 Å². The Labute approximate surface area is 158 Å². The number of anilines is 1. The highest BCUT2D eigenvalue weighted by molar-refractivity contribution is 8.00. The van der Waals surface area contributed by atoms with Crippen LogP contribution in [0.1, 0.15) is 17.3 Å². The summed E-state index contributed by atoms with van der Waals surface area (Å²) in [6, 6.07) is 3.18. The van der Waals surface area contributed by atoms with E-state index in [0.717, 1.165) is 5.39 Å². The van der Waals surface area contributed by atoms with Crippen molar-refractivity contribution in [2.45, 2.75) is 11.9 Å². The van der Waals surface area contributed by atoms with Crippen molar-refractivity contribution in [2.75, 3.05) is 17.9 Å². The van der Waals surface area contributed by atoms with Gasteiger partial charge < -0.3 is 14.8 Å². The van der Waals surface area contributed by atoms with Crippen molar-refractivity contribution in [3.8, 4) is 11.5 Å². The van der Waals surface area contributed by atoms with E-state index in [1.807, 2.05) is 0 Å². The molecule has 138 valence electrons. The zero-order chi connectivity index (χ0) is 19.0. The van der Waals surface area contributed by atoms with E-state index in [1.54, 1.807) is 30.1 Å². The van der Waals surface area contributed by atoms with Crippen LogP contribution in [0.25, 0.3) is 11.0 Å². The summed E-state index contributed by atoms with van der Waals surface area (Å²) in [5.74, 6) is 0.664. The first-order chi connectivity index (χ1) is 13.0. The Kier molecular flexibility index (Phi) is 4.40. The minimum atomic E-state index is -0.267. The summed E-state index contributed by atoms with van der Waals surface area (Å²) in [5.41, 5.74) is 1.46. The Morgan fingerprint density at radius 3 is 2.81 bits per heavy atom. The number of rotatable bonds is 5. The van der Waals surface area contributed by atoms with E-state index in [0.29, 0.717) is 33.4 Å². The molecule has 1 aromatic carbocycles. The van der Waals surface area contributed by atoms with Crippen molar-refractivity contribution in [1.82, 2.24) is 19.7 Å². The normalized spacial score (nSPS) is 12.4. The lowest BCUT2D eigenvalue weighted by atomic mass is 10.1. The highest BCUT2D eigenvalue weighted by Crippen LogP contribution is 2.37. The van der Waals surface area contributed by atoms with Crippen molar-refractivity contribution >= 4 is 40.2 Å². The first-order valence-corrected chi connectivity index (χ1v) is 9.01. The highest BCUT2D eigenvalue weighted by Gasteiger charge is 2.20. The molecule has 10 heteroatoms. The molecular weight excluding hydrogens is 370 g/mol. The third kappa shape index (κ3) is 3.31. The van der Waals surface area contributed by atoms with E-state index in [2.05, 4.69) is 20.4 Å². The minimum absolute atomic E-state index is 0.0920. The van der Waals surface area contributed by atoms with E-state index < -0.39 is 0 Å². The number of hydrogen-bond acceptors (Lipinski definition) is 8. The molecule has 0 saturated heterocycles. The molecule has 2 aromatic heterocycles. The van der Waals surface area contributed by atoms with E-state index >= 15 is 0 Å². The monoisotopic (exact) mass is 385 g/mol. The van der Waals surface area contributed by atoms with Gasteiger partial charge in [0.05, 0.1) is 23.0 Å². The summed E-state index contributed by atoms with van der Waals surface area (Å²) in [4.78, 5) is 32.7. The molecule has 0 atom stereocenters. The maximum Gasteiger partial charge on any atom is 0.234 e. The van der Waals surface area contributed by atoms with E-state index in [1.165, 1.54) is 25.0 Å². The third-order valence-corrected chi connectivity index (χ3v) is 5.00. The third-order valence-electron chi connectivity index (χ3n) is 4.00. The first kappa shape index (κ1) is 17.3. The number of hydrogen-bond donors (Lipinski definition) is 1. The molecule has 4 rings (SSSR count). The number of aryl methyl sites for hydroxylation is 1. The SMILES string of the molecule is CC(=O)c1cc2c(cc1NC(=O)CSc1ncnc3c1cnn3C)OCO2. The average Bonchev–Trinajstić information content (AvgIpc) is 3.26. The molecule has 1 amide bonds. The molecular formula is C17H15N5O4S. The second kappa shape index (κ2) is 6.88. The molecule has 1 aliphatic rings. The first-order valence-electron chi connectivity index (χ1n) is 8.03. The molecule has 0 saturated carbocycles. The van der Waals surface area contributed by atoms with Crippen molar-refractivity contribution in [3.05, 3.63) is 30.2 Å². The number of Topliss-reactive ketones (excluding diaryl/α,β-unsaturated/α-hetero) is 1. The van der Waals surface area contributed by atoms with Crippen molar-refractivity contribution < 1.29 is 19.1 Å². The Hall–Kier alpha value is -3.14. The van der Waals surface area contributed by atoms with Gasteiger partial charge in [0, 0.05) is 18.7 Å². The highest BCUT2D eigenvalue weighted by atomic mass is 32.2. The molecule has 9 nitrogen and oxygen atoms in total. The number of thioether (sulfide) groups is 1. The van der Waals surface area contributed by atoms with Crippen LogP contribution in [-0.4, -0.2) is 44.0 Å². The van der Waals surface area contributed by atoms with E-state index in [9.17, 15) is 9.59 Å². The number of aromatic nitrogens is 4. The smallest absolute Gasteiger partial charge is 0.234 e. The minimum Gasteiger partial charge on any atom is -0.454 e. The predicted molar refractivity (Wildman–Crippen MR) is 98.2 cm³/mol. The van der Waals surface area contributed by atoms with Crippen LogP contribution in [0.15, 0.2) is 29.7 Å².